The maximum Gasteiger partial charge on any atom is 0.282 e. The number of aromatic nitrogens is 4. The van der Waals surface area contributed by atoms with E-state index in [1.807, 2.05) is 19.3 Å². The molecule has 2 aromatic rings. The van der Waals surface area contributed by atoms with Gasteiger partial charge in [-0.1, -0.05) is 0 Å². The van der Waals surface area contributed by atoms with Crippen LogP contribution in [-0.4, -0.2) is 19.6 Å². The third-order valence-electron chi connectivity index (χ3n) is 2.31. The minimum Gasteiger partial charge on any atom is -0.377 e. The highest BCUT2D eigenvalue weighted by atomic mass is 79.9. The predicted molar refractivity (Wildman–Crippen MR) is 67.7 cm³/mol. The molecule has 0 radical (unpaired) electrons. The molecule has 0 spiro atoms. The molecule has 0 bridgehead atoms. The monoisotopic (exact) mass is 297 g/mol. The molecule has 6 nitrogen and oxygen atoms in total. The van der Waals surface area contributed by atoms with E-state index in [1.54, 1.807) is 17.9 Å². The van der Waals surface area contributed by atoms with E-state index >= 15 is 0 Å². The first-order valence-electron chi connectivity index (χ1n) is 5.02. The highest BCUT2D eigenvalue weighted by Crippen LogP contribution is 2.16. The van der Waals surface area contributed by atoms with Gasteiger partial charge in [0.25, 0.3) is 5.56 Å². The van der Waals surface area contributed by atoms with Crippen LogP contribution in [0.4, 0.5) is 5.69 Å². The van der Waals surface area contributed by atoms with Crippen LogP contribution >= 0.6 is 15.9 Å². The summed E-state index contributed by atoms with van der Waals surface area (Å²) in [4.78, 5) is 11.6. The first kappa shape index (κ1) is 11.8. The summed E-state index contributed by atoms with van der Waals surface area (Å²) >= 11 is 3.25. The standard InChI is InChI=1S/C10H12BrN5O/c1-15-4-3-7(14-15)5-12-8-6-13-16(2)10(17)9(8)11/h3-4,6,12H,5H2,1-2H3. The van der Waals surface area contributed by atoms with Gasteiger partial charge >= 0.3 is 0 Å². The fraction of sp³-hybridized carbons (Fsp3) is 0.300. The van der Waals surface area contributed by atoms with Crippen LogP contribution in [0.15, 0.2) is 27.7 Å². The van der Waals surface area contributed by atoms with Gasteiger partial charge in [0.05, 0.1) is 24.1 Å². The van der Waals surface area contributed by atoms with Crippen molar-refractivity contribution < 1.29 is 0 Å². The van der Waals surface area contributed by atoms with Crippen LogP contribution in [0.25, 0.3) is 0 Å². The number of anilines is 1. The third-order valence-corrected chi connectivity index (χ3v) is 3.07. The summed E-state index contributed by atoms with van der Waals surface area (Å²) in [5.41, 5.74) is 1.40. The molecule has 0 unspecified atom stereocenters. The number of rotatable bonds is 3. The zero-order valence-corrected chi connectivity index (χ0v) is 11.1. The maximum absolute atomic E-state index is 11.6. The number of hydrogen-bond donors (Lipinski definition) is 1. The zero-order valence-electron chi connectivity index (χ0n) is 9.51. The van der Waals surface area contributed by atoms with Gasteiger partial charge in [-0.05, 0) is 22.0 Å². The van der Waals surface area contributed by atoms with E-state index in [-0.39, 0.29) is 5.56 Å². The first-order chi connectivity index (χ1) is 8.08. The van der Waals surface area contributed by atoms with Crippen molar-refractivity contribution in [3.05, 3.63) is 39.0 Å². The van der Waals surface area contributed by atoms with E-state index < -0.39 is 0 Å². The van der Waals surface area contributed by atoms with E-state index in [0.29, 0.717) is 16.7 Å². The van der Waals surface area contributed by atoms with Gasteiger partial charge < -0.3 is 5.32 Å². The summed E-state index contributed by atoms with van der Waals surface area (Å²) in [5.74, 6) is 0. The van der Waals surface area contributed by atoms with Crippen LogP contribution in [0.1, 0.15) is 5.69 Å². The van der Waals surface area contributed by atoms with Crippen molar-refractivity contribution in [3.63, 3.8) is 0 Å². The Balaban J connectivity index is 2.15. The predicted octanol–water partition coefficient (Wildman–Crippen LogP) is 0.888. The fourth-order valence-corrected chi connectivity index (χ4v) is 1.88. The lowest BCUT2D eigenvalue weighted by Crippen LogP contribution is -2.21. The third kappa shape index (κ3) is 2.55. The van der Waals surface area contributed by atoms with Crippen molar-refractivity contribution in [1.82, 2.24) is 19.6 Å². The van der Waals surface area contributed by atoms with E-state index in [0.717, 1.165) is 5.69 Å². The first-order valence-corrected chi connectivity index (χ1v) is 5.81. The molecule has 0 aliphatic heterocycles. The smallest absolute Gasteiger partial charge is 0.282 e. The van der Waals surface area contributed by atoms with Gasteiger partial charge in [-0.2, -0.15) is 10.2 Å². The van der Waals surface area contributed by atoms with Gasteiger partial charge in [0.15, 0.2) is 0 Å². The molecule has 2 aromatic heterocycles. The van der Waals surface area contributed by atoms with Crippen LogP contribution in [0.2, 0.25) is 0 Å². The molecule has 7 heteroatoms. The van der Waals surface area contributed by atoms with Gasteiger partial charge in [-0.3, -0.25) is 9.48 Å². The maximum atomic E-state index is 11.6. The minimum atomic E-state index is -0.170. The summed E-state index contributed by atoms with van der Waals surface area (Å²) in [6.07, 6.45) is 3.47. The minimum absolute atomic E-state index is 0.170. The molecular weight excluding hydrogens is 286 g/mol. The molecular formula is C10H12BrN5O. The van der Waals surface area contributed by atoms with Crippen LogP contribution < -0.4 is 10.9 Å². The number of nitrogens with zero attached hydrogens (tertiary/aromatic N) is 4. The van der Waals surface area contributed by atoms with Gasteiger partial charge in [0, 0.05) is 20.3 Å². The lowest BCUT2D eigenvalue weighted by atomic mass is 10.4. The summed E-state index contributed by atoms with van der Waals surface area (Å²) in [5, 5.41) is 11.3. The van der Waals surface area contributed by atoms with Crippen molar-refractivity contribution in [2.45, 2.75) is 6.54 Å². The summed E-state index contributed by atoms with van der Waals surface area (Å²) in [7, 11) is 3.47. The van der Waals surface area contributed by atoms with Crippen LogP contribution in [-0.2, 0) is 20.6 Å². The van der Waals surface area contributed by atoms with Gasteiger partial charge in [-0.25, -0.2) is 4.68 Å². The van der Waals surface area contributed by atoms with E-state index in [4.69, 9.17) is 0 Å². The molecule has 0 saturated heterocycles. The summed E-state index contributed by atoms with van der Waals surface area (Å²) in [6, 6.07) is 1.91. The van der Waals surface area contributed by atoms with E-state index in [2.05, 4.69) is 31.4 Å². The van der Waals surface area contributed by atoms with Gasteiger partial charge in [-0.15, -0.1) is 0 Å². The molecule has 90 valence electrons. The quantitative estimate of drug-likeness (QED) is 0.914. The average molecular weight is 298 g/mol. The van der Waals surface area contributed by atoms with Crippen molar-refractivity contribution in [2.24, 2.45) is 14.1 Å². The second kappa shape index (κ2) is 4.70. The molecule has 1 N–H and O–H groups in total. The van der Waals surface area contributed by atoms with E-state index in [9.17, 15) is 4.79 Å². The molecule has 0 fully saturated rings. The lowest BCUT2D eigenvalue weighted by molar-refractivity contribution is 0.702. The summed E-state index contributed by atoms with van der Waals surface area (Å²) < 4.78 is 3.48. The normalized spacial score (nSPS) is 10.5. The fourth-order valence-electron chi connectivity index (χ4n) is 1.38. The van der Waals surface area contributed by atoms with Crippen molar-refractivity contribution in [1.29, 1.82) is 0 Å². The lowest BCUT2D eigenvalue weighted by Gasteiger charge is -2.06. The molecule has 2 rings (SSSR count). The highest BCUT2D eigenvalue weighted by molar-refractivity contribution is 9.10. The Morgan fingerprint density at radius 3 is 2.88 bits per heavy atom. The molecule has 2 heterocycles. The number of aryl methyl sites for hydroxylation is 2. The summed E-state index contributed by atoms with van der Waals surface area (Å²) in [6.45, 7) is 0.550. The number of hydrogen-bond acceptors (Lipinski definition) is 4. The number of halogens is 1. The average Bonchev–Trinajstić information content (AvgIpc) is 2.71. The van der Waals surface area contributed by atoms with Crippen LogP contribution in [0.5, 0.6) is 0 Å². The molecule has 0 amide bonds. The van der Waals surface area contributed by atoms with Gasteiger partial charge in [0.2, 0.25) is 0 Å². The molecule has 0 aliphatic carbocycles. The molecule has 0 aliphatic rings. The molecule has 0 saturated carbocycles. The molecule has 0 atom stereocenters. The number of nitrogens with one attached hydrogen (secondary N) is 1. The largest absolute Gasteiger partial charge is 0.377 e. The SMILES string of the molecule is Cn1ccc(CNc2cnn(C)c(=O)c2Br)n1. The topological polar surface area (TPSA) is 64.7 Å². The Labute approximate surface area is 106 Å². The van der Waals surface area contributed by atoms with Crippen molar-refractivity contribution in [2.75, 3.05) is 5.32 Å². The van der Waals surface area contributed by atoms with Crippen molar-refractivity contribution in [3.8, 4) is 0 Å². The Morgan fingerprint density at radius 2 is 2.24 bits per heavy atom. The molecule has 17 heavy (non-hydrogen) atoms. The zero-order chi connectivity index (χ0) is 12.4. The second-order valence-electron chi connectivity index (χ2n) is 3.64. The Kier molecular flexibility index (Phi) is 3.28. The Hall–Kier alpha value is -1.63. The Morgan fingerprint density at radius 1 is 1.47 bits per heavy atom. The van der Waals surface area contributed by atoms with Crippen LogP contribution in [0.3, 0.4) is 0 Å². The molecule has 0 aromatic carbocycles. The van der Waals surface area contributed by atoms with E-state index in [1.165, 1.54) is 4.68 Å². The van der Waals surface area contributed by atoms with Crippen LogP contribution in [0, 0.1) is 0 Å². The van der Waals surface area contributed by atoms with Crippen molar-refractivity contribution >= 4 is 21.6 Å². The second-order valence-corrected chi connectivity index (χ2v) is 4.43. The highest BCUT2D eigenvalue weighted by Gasteiger charge is 2.06. The van der Waals surface area contributed by atoms with Gasteiger partial charge in [0.1, 0.15) is 4.47 Å². The Bertz CT molecular complexity index is 589.